The number of hydrogen-bond donors (Lipinski definition) is 0. The molecule has 2 amide bonds. The van der Waals surface area contributed by atoms with Crippen molar-refractivity contribution in [1.29, 1.82) is 0 Å². The van der Waals surface area contributed by atoms with Crippen LogP contribution in [-0.2, 0) is 15.8 Å². The Hall–Kier alpha value is -2.25. The molecule has 2 saturated heterocycles. The molecule has 160 valence electrons. The van der Waals surface area contributed by atoms with Crippen LogP contribution in [0.1, 0.15) is 38.2 Å². The topological polar surface area (TPSA) is 49.9 Å². The third-order valence-corrected chi connectivity index (χ3v) is 5.71. The van der Waals surface area contributed by atoms with E-state index in [4.69, 9.17) is 4.74 Å². The fourth-order valence-corrected chi connectivity index (χ4v) is 4.00. The van der Waals surface area contributed by atoms with E-state index >= 15 is 0 Å². The van der Waals surface area contributed by atoms with E-state index in [0.29, 0.717) is 31.8 Å². The Morgan fingerprint density at radius 3 is 2.28 bits per heavy atom. The maximum Gasteiger partial charge on any atom is 0.416 e. The summed E-state index contributed by atoms with van der Waals surface area (Å²) in [5, 5.41) is 0. The Labute approximate surface area is 168 Å². The molecule has 1 aromatic carbocycles. The van der Waals surface area contributed by atoms with Gasteiger partial charge in [-0.15, -0.1) is 0 Å². The van der Waals surface area contributed by atoms with Crippen molar-refractivity contribution in [1.82, 2.24) is 9.80 Å². The fourth-order valence-electron chi connectivity index (χ4n) is 4.00. The van der Waals surface area contributed by atoms with Gasteiger partial charge in [-0.3, -0.25) is 9.59 Å². The molecule has 0 bridgehead atoms. The minimum absolute atomic E-state index is 0.0415. The maximum atomic E-state index is 12.7. The van der Waals surface area contributed by atoms with Crippen LogP contribution >= 0.6 is 0 Å². The summed E-state index contributed by atoms with van der Waals surface area (Å²) >= 11 is 0. The van der Waals surface area contributed by atoms with Gasteiger partial charge in [0.15, 0.2) is 6.61 Å². The van der Waals surface area contributed by atoms with Crippen molar-refractivity contribution in [2.45, 2.75) is 38.8 Å². The number of hydrogen-bond acceptors (Lipinski definition) is 3. The summed E-state index contributed by atoms with van der Waals surface area (Å²) < 4.78 is 43.1. The van der Waals surface area contributed by atoms with Gasteiger partial charge in [-0.2, -0.15) is 13.2 Å². The normalized spacial score (nSPS) is 21.2. The van der Waals surface area contributed by atoms with Crippen LogP contribution in [0.15, 0.2) is 24.3 Å². The summed E-state index contributed by atoms with van der Waals surface area (Å²) in [6, 6.07) is 4.28. The number of benzene rings is 1. The molecule has 2 aliphatic heterocycles. The molecule has 0 aliphatic carbocycles. The van der Waals surface area contributed by atoms with Gasteiger partial charge in [0.05, 0.1) is 5.56 Å². The average Bonchev–Trinajstić information content (AvgIpc) is 2.71. The summed E-state index contributed by atoms with van der Waals surface area (Å²) in [4.78, 5) is 28.7. The highest BCUT2D eigenvalue weighted by Crippen LogP contribution is 2.30. The van der Waals surface area contributed by atoms with Gasteiger partial charge in [0, 0.05) is 32.1 Å². The molecule has 5 nitrogen and oxygen atoms in total. The van der Waals surface area contributed by atoms with Gasteiger partial charge < -0.3 is 14.5 Å². The van der Waals surface area contributed by atoms with E-state index in [-0.39, 0.29) is 30.1 Å². The largest absolute Gasteiger partial charge is 0.484 e. The highest BCUT2D eigenvalue weighted by atomic mass is 19.4. The van der Waals surface area contributed by atoms with E-state index in [0.717, 1.165) is 38.1 Å². The number of likely N-dealkylation sites (tertiary alicyclic amines) is 2. The van der Waals surface area contributed by atoms with Gasteiger partial charge in [0.1, 0.15) is 5.75 Å². The van der Waals surface area contributed by atoms with Crippen LogP contribution in [0.3, 0.4) is 0 Å². The second-order valence-corrected chi connectivity index (χ2v) is 8.00. The Balaban J connectivity index is 1.43. The highest BCUT2D eigenvalue weighted by molar-refractivity contribution is 5.80. The molecule has 2 aliphatic rings. The summed E-state index contributed by atoms with van der Waals surface area (Å²) in [5.74, 6) is 0.694. The van der Waals surface area contributed by atoms with Crippen molar-refractivity contribution in [2.24, 2.45) is 11.8 Å². The van der Waals surface area contributed by atoms with E-state index in [9.17, 15) is 22.8 Å². The zero-order valence-corrected chi connectivity index (χ0v) is 16.6. The molecular weight excluding hydrogens is 385 g/mol. The molecule has 29 heavy (non-hydrogen) atoms. The van der Waals surface area contributed by atoms with E-state index < -0.39 is 11.7 Å². The number of ether oxygens (including phenoxy) is 1. The molecule has 8 heteroatoms. The molecule has 0 radical (unpaired) electrons. The second kappa shape index (κ2) is 9.05. The predicted octanol–water partition coefficient (Wildman–Crippen LogP) is 3.58. The number of carbonyl (C=O) groups is 2. The maximum absolute atomic E-state index is 12.7. The Morgan fingerprint density at radius 1 is 1.03 bits per heavy atom. The van der Waals surface area contributed by atoms with Crippen LogP contribution in [0, 0.1) is 11.8 Å². The van der Waals surface area contributed by atoms with Gasteiger partial charge in [-0.1, -0.05) is 6.92 Å². The fraction of sp³-hybridized carbons (Fsp3) is 0.619. The number of carbonyl (C=O) groups excluding carboxylic acids is 2. The van der Waals surface area contributed by atoms with Crippen LogP contribution in [0.2, 0.25) is 0 Å². The van der Waals surface area contributed by atoms with E-state index in [2.05, 4.69) is 6.92 Å². The van der Waals surface area contributed by atoms with Crippen molar-refractivity contribution in [3.63, 3.8) is 0 Å². The first-order chi connectivity index (χ1) is 13.7. The van der Waals surface area contributed by atoms with E-state index in [1.54, 1.807) is 4.90 Å². The number of rotatable bonds is 4. The lowest BCUT2D eigenvalue weighted by Crippen LogP contribution is -2.47. The lowest BCUT2D eigenvalue weighted by molar-refractivity contribution is -0.142. The SMILES string of the molecule is CC1CCCN(C(=O)C2CCN(C(=O)COc3ccc(C(F)(F)F)cc3)CC2)C1. The number of amides is 2. The van der Waals surface area contributed by atoms with Crippen molar-refractivity contribution in [3.8, 4) is 5.75 Å². The minimum atomic E-state index is -4.40. The molecule has 1 unspecified atom stereocenters. The molecule has 2 fully saturated rings. The van der Waals surface area contributed by atoms with Crippen LogP contribution < -0.4 is 4.74 Å². The third kappa shape index (κ3) is 5.64. The van der Waals surface area contributed by atoms with Crippen LogP contribution in [0.4, 0.5) is 13.2 Å². The van der Waals surface area contributed by atoms with Gasteiger partial charge in [0.2, 0.25) is 5.91 Å². The Morgan fingerprint density at radius 2 is 1.69 bits per heavy atom. The van der Waals surface area contributed by atoms with Crippen molar-refractivity contribution >= 4 is 11.8 Å². The Bertz CT molecular complexity index is 713. The molecular formula is C21H27F3N2O3. The van der Waals surface area contributed by atoms with Crippen molar-refractivity contribution < 1.29 is 27.5 Å². The average molecular weight is 412 g/mol. The zero-order valence-electron chi connectivity index (χ0n) is 16.6. The monoisotopic (exact) mass is 412 g/mol. The molecule has 3 rings (SSSR count). The molecule has 0 N–H and O–H groups in total. The van der Waals surface area contributed by atoms with Gasteiger partial charge in [-0.05, 0) is 55.9 Å². The number of alkyl halides is 3. The minimum Gasteiger partial charge on any atom is -0.484 e. The summed E-state index contributed by atoms with van der Waals surface area (Å²) in [5.41, 5.74) is -0.758. The lowest BCUT2D eigenvalue weighted by Gasteiger charge is -2.37. The first-order valence-electron chi connectivity index (χ1n) is 10.1. The number of halogens is 3. The summed E-state index contributed by atoms with van der Waals surface area (Å²) in [7, 11) is 0. The number of nitrogens with zero attached hydrogens (tertiary/aromatic N) is 2. The number of piperidine rings is 2. The lowest BCUT2D eigenvalue weighted by atomic mass is 9.93. The van der Waals surface area contributed by atoms with E-state index in [1.165, 1.54) is 12.1 Å². The smallest absolute Gasteiger partial charge is 0.416 e. The standard InChI is InChI=1S/C21H27F3N2O3/c1-15-3-2-10-26(13-15)20(28)16-8-11-25(12-9-16)19(27)14-29-18-6-4-17(5-7-18)21(22,23)24/h4-7,15-16H,2-3,8-14H2,1H3. The molecule has 0 aromatic heterocycles. The van der Waals surface area contributed by atoms with Crippen LogP contribution in [-0.4, -0.2) is 54.4 Å². The van der Waals surface area contributed by atoms with Gasteiger partial charge in [0.25, 0.3) is 5.91 Å². The molecule has 1 aromatic rings. The van der Waals surface area contributed by atoms with E-state index in [1.807, 2.05) is 4.90 Å². The quantitative estimate of drug-likeness (QED) is 0.760. The second-order valence-electron chi connectivity index (χ2n) is 8.00. The molecule has 0 saturated carbocycles. The summed E-state index contributed by atoms with van der Waals surface area (Å²) in [6.45, 7) is 4.57. The predicted molar refractivity (Wildman–Crippen MR) is 101 cm³/mol. The van der Waals surface area contributed by atoms with Crippen LogP contribution in [0.5, 0.6) is 5.75 Å². The van der Waals surface area contributed by atoms with Crippen molar-refractivity contribution in [2.75, 3.05) is 32.8 Å². The zero-order chi connectivity index (χ0) is 21.0. The van der Waals surface area contributed by atoms with Crippen LogP contribution in [0.25, 0.3) is 0 Å². The summed E-state index contributed by atoms with van der Waals surface area (Å²) in [6.07, 6.45) is -0.922. The van der Waals surface area contributed by atoms with Crippen molar-refractivity contribution in [3.05, 3.63) is 29.8 Å². The van der Waals surface area contributed by atoms with Gasteiger partial charge in [-0.25, -0.2) is 0 Å². The van der Waals surface area contributed by atoms with Gasteiger partial charge >= 0.3 is 6.18 Å². The molecule has 0 spiro atoms. The first-order valence-corrected chi connectivity index (χ1v) is 10.1. The Kier molecular flexibility index (Phi) is 6.70. The molecule has 1 atom stereocenters. The molecule has 2 heterocycles. The first kappa shape index (κ1) is 21.5. The highest BCUT2D eigenvalue weighted by Gasteiger charge is 2.32. The third-order valence-electron chi connectivity index (χ3n) is 5.71.